The average Bonchev–Trinajstić information content (AvgIpc) is 3.26. The topological polar surface area (TPSA) is 85.3 Å². The number of nitrogens with zero attached hydrogens (tertiary/aromatic N) is 1. The van der Waals surface area contributed by atoms with Gasteiger partial charge in [-0.3, -0.25) is 9.69 Å². The Labute approximate surface area is 172 Å². The van der Waals surface area contributed by atoms with Crippen LogP contribution in [0.15, 0.2) is 23.1 Å². The quantitative estimate of drug-likeness (QED) is 0.505. The van der Waals surface area contributed by atoms with Gasteiger partial charge in [-0.15, -0.1) is 0 Å². The SMILES string of the molecule is CCOc1cc(/C=C2\SC(=S)N(C[C@@H]3CCCO3)C2=O)ccc1OCC(=O)O. The highest BCUT2D eigenvalue weighted by Crippen LogP contribution is 2.35. The van der Waals surface area contributed by atoms with Crippen LogP contribution in [0.3, 0.4) is 0 Å². The Hall–Kier alpha value is -2.10. The van der Waals surface area contributed by atoms with Gasteiger partial charge in [0.05, 0.1) is 24.2 Å². The van der Waals surface area contributed by atoms with Crippen molar-refractivity contribution in [3.63, 3.8) is 0 Å². The first-order valence-corrected chi connectivity index (χ1v) is 10.2. The van der Waals surface area contributed by atoms with E-state index in [9.17, 15) is 9.59 Å². The van der Waals surface area contributed by atoms with Crippen molar-refractivity contribution >= 4 is 46.3 Å². The number of carboxylic acids is 1. The number of hydrogen-bond acceptors (Lipinski definition) is 7. The van der Waals surface area contributed by atoms with Crippen molar-refractivity contribution in [3.05, 3.63) is 28.7 Å². The molecule has 0 aromatic heterocycles. The van der Waals surface area contributed by atoms with Crippen LogP contribution in [0.2, 0.25) is 0 Å². The van der Waals surface area contributed by atoms with Crippen LogP contribution < -0.4 is 9.47 Å². The summed E-state index contributed by atoms with van der Waals surface area (Å²) in [5.41, 5.74) is 0.740. The van der Waals surface area contributed by atoms with Gasteiger partial charge in [-0.2, -0.15) is 0 Å². The first kappa shape index (κ1) is 20.6. The summed E-state index contributed by atoms with van der Waals surface area (Å²) < 4.78 is 16.9. The van der Waals surface area contributed by atoms with Gasteiger partial charge in [-0.05, 0) is 43.5 Å². The van der Waals surface area contributed by atoms with E-state index >= 15 is 0 Å². The third-order valence-corrected chi connectivity index (χ3v) is 5.58. The molecule has 0 saturated carbocycles. The van der Waals surface area contributed by atoms with Crippen LogP contribution in [-0.2, 0) is 14.3 Å². The van der Waals surface area contributed by atoms with E-state index < -0.39 is 12.6 Å². The van der Waals surface area contributed by atoms with Gasteiger partial charge in [0.25, 0.3) is 5.91 Å². The third kappa shape index (κ3) is 5.03. The molecule has 3 rings (SSSR count). The van der Waals surface area contributed by atoms with Crippen molar-refractivity contribution in [2.24, 2.45) is 0 Å². The highest BCUT2D eigenvalue weighted by Gasteiger charge is 2.34. The molecule has 2 saturated heterocycles. The summed E-state index contributed by atoms with van der Waals surface area (Å²) >= 11 is 6.63. The van der Waals surface area contributed by atoms with Gasteiger partial charge in [0.1, 0.15) is 4.32 Å². The molecule has 7 nitrogen and oxygen atoms in total. The maximum Gasteiger partial charge on any atom is 0.341 e. The van der Waals surface area contributed by atoms with E-state index in [0.717, 1.165) is 25.0 Å². The van der Waals surface area contributed by atoms with E-state index in [1.165, 1.54) is 11.8 Å². The van der Waals surface area contributed by atoms with Crippen molar-refractivity contribution < 1.29 is 28.9 Å². The molecular formula is C19H21NO6S2. The van der Waals surface area contributed by atoms with Crippen LogP contribution >= 0.6 is 24.0 Å². The van der Waals surface area contributed by atoms with E-state index in [2.05, 4.69) is 0 Å². The molecule has 0 unspecified atom stereocenters. The molecule has 2 fully saturated rings. The molecule has 0 aliphatic carbocycles. The van der Waals surface area contributed by atoms with E-state index in [1.54, 1.807) is 29.2 Å². The number of ether oxygens (including phenoxy) is 3. The standard InChI is InChI=1S/C19H21NO6S2/c1-2-24-15-8-12(5-6-14(15)26-11-17(21)22)9-16-18(23)20(19(27)28-16)10-13-4-3-7-25-13/h5-6,8-9,13H,2-4,7,10-11H2,1H3,(H,21,22)/b16-9-/t13-/m0/s1. The predicted octanol–water partition coefficient (Wildman–Crippen LogP) is 2.93. The fraction of sp³-hybridized carbons (Fsp3) is 0.421. The van der Waals surface area contributed by atoms with E-state index in [4.69, 9.17) is 31.5 Å². The largest absolute Gasteiger partial charge is 0.490 e. The molecule has 9 heteroatoms. The maximum atomic E-state index is 12.7. The summed E-state index contributed by atoms with van der Waals surface area (Å²) in [5, 5.41) is 8.78. The predicted molar refractivity (Wildman–Crippen MR) is 110 cm³/mol. The zero-order valence-electron chi connectivity index (χ0n) is 15.4. The highest BCUT2D eigenvalue weighted by molar-refractivity contribution is 8.26. The van der Waals surface area contributed by atoms with Gasteiger partial charge in [0.15, 0.2) is 18.1 Å². The lowest BCUT2D eigenvalue weighted by Gasteiger charge is -2.18. The molecule has 1 aromatic carbocycles. The van der Waals surface area contributed by atoms with Gasteiger partial charge in [0, 0.05) is 6.61 Å². The first-order chi connectivity index (χ1) is 13.5. The van der Waals surface area contributed by atoms with Crippen LogP contribution in [0.25, 0.3) is 6.08 Å². The van der Waals surface area contributed by atoms with Crippen molar-refractivity contribution in [3.8, 4) is 11.5 Å². The van der Waals surface area contributed by atoms with Crippen molar-refractivity contribution in [2.45, 2.75) is 25.9 Å². The molecule has 2 heterocycles. The molecular weight excluding hydrogens is 402 g/mol. The monoisotopic (exact) mass is 423 g/mol. The van der Waals surface area contributed by atoms with E-state index in [0.29, 0.717) is 33.9 Å². The fourth-order valence-electron chi connectivity index (χ4n) is 2.94. The molecule has 2 aliphatic rings. The van der Waals surface area contributed by atoms with Gasteiger partial charge in [-0.1, -0.05) is 30.0 Å². The molecule has 0 spiro atoms. The molecule has 0 radical (unpaired) electrons. The lowest BCUT2D eigenvalue weighted by atomic mass is 10.1. The molecule has 1 amide bonds. The van der Waals surface area contributed by atoms with Crippen molar-refractivity contribution in [2.75, 3.05) is 26.4 Å². The molecule has 1 N–H and O–H groups in total. The minimum absolute atomic E-state index is 0.0390. The second-order valence-electron chi connectivity index (χ2n) is 6.25. The Morgan fingerprint density at radius 3 is 2.93 bits per heavy atom. The number of carboxylic acid groups (broad SMARTS) is 1. The minimum Gasteiger partial charge on any atom is -0.490 e. The number of rotatable bonds is 8. The summed E-state index contributed by atoms with van der Waals surface area (Å²) in [6.45, 7) is 2.97. The van der Waals surface area contributed by atoms with Gasteiger partial charge in [-0.25, -0.2) is 4.79 Å². The second kappa shape index (κ2) is 9.40. The molecule has 0 bridgehead atoms. The van der Waals surface area contributed by atoms with Gasteiger partial charge in [0.2, 0.25) is 0 Å². The zero-order valence-corrected chi connectivity index (χ0v) is 17.0. The summed E-state index contributed by atoms with van der Waals surface area (Å²) in [7, 11) is 0. The number of benzene rings is 1. The van der Waals surface area contributed by atoms with Crippen molar-refractivity contribution in [1.29, 1.82) is 0 Å². The number of carbonyl (C=O) groups excluding carboxylic acids is 1. The van der Waals surface area contributed by atoms with E-state index in [1.807, 2.05) is 6.92 Å². The third-order valence-electron chi connectivity index (χ3n) is 4.20. The number of thioether (sulfide) groups is 1. The van der Waals surface area contributed by atoms with E-state index in [-0.39, 0.29) is 12.0 Å². The Balaban J connectivity index is 1.76. The lowest BCUT2D eigenvalue weighted by molar-refractivity contribution is -0.139. The summed E-state index contributed by atoms with van der Waals surface area (Å²) in [4.78, 5) is 25.6. The van der Waals surface area contributed by atoms with Crippen LogP contribution in [-0.4, -0.2) is 58.7 Å². The highest BCUT2D eigenvalue weighted by atomic mass is 32.2. The van der Waals surface area contributed by atoms with Crippen LogP contribution in [0.4, 0.5) is 0 Å². The van der Waals surface area contributed by atoms with Crippen LogP contribution in [0.5, 0.6) is 11.5 Å². The number of amides is 1. The Bertz CT molecular complexity index is 804. The Kier molecular flexibility index (Phi) is 6.93. The Morgan fingerprint density at radius 1 is 1.43 bits per heavy atom. The molecule has 2 aliphatic heterocycles. The maximum absolute atomic E-state index is 12.7. The molecule has 1 atom stereocenters. The number of aliphatic carboxylic acids is 1. The average molecular weight is 424 g/mol. The van der Waals surface area contributed by atoms with Crippen LogP contribution in [0.1, 0.15) is 25.3 Å². The number of hydrogen-bond donors (Lipinski definition) is 1. The smallest absolute Gasteiger partial charge is 0.341 e. The molecule has 150 valence electrons. The first-order valence-electron chi connectivity index (χ1n) is 8.96. The molecule has 28 heavy (non-hydrogen) atoms. The fourth-order valence-corrected chi connectivity index (χ4v) is 4.22. The number of thiocarbonyl (C=S) groups is 1. The van der Waals surface area contributed by atoms with Gasteiger partial charge >= 0.3 is 5.97 Å². The van der Waals surface area contributed by atoms with Crippen molar-refractivity contribution in [1.82, 2.24) is 4.90 Å². The summed E-state index contributed by atoms with van der Waals surface area (Å²) in [6.07, 6.45) is 3.73. The Morgan fingerprint density at radius 2 is 2.25 bits per heavy atom. The molecule has 1 aromatic rings. The second-order valence-corrected chi connectivity index (χ2v) is 7.92. The summed E-state index contributed by atoms with van der Waals surface area (Å²) in [5.74, 6) is -0.434. The normalized spacial score (nSPS) is 20.8. The number of carbonyl (C=O) groups is 2. The zero-order chi connectivity index (χ0) is 20.1. The minimum atomic E-state index is -1.07. The van der Waals surface area contributed by atoms with Gasteiger partial charge < -0.3 is 19.3 Å². The van der Waals surface area contributed by atoms with Crippen LogP contribution in [0, 0.1) is 0 Å². The lowest BCUT2D eigenvalue weighted by Crippen LogP contribution is -2.35. The summed E-state index contributed by atoms with van der Waals surface area (Å²) in [6, 6.07) is 5.09.